The van der Waals surface area contributed by atoms with E-state index in [1.807, 2.05) is 13.8 Å². The number of carbonyl (C=O) groups excluding carboxylic acids is 1. The van der Waals surface area contributed by atoms with Gasteiger partial charge in [0.2, 0.25) is 5.95 Å². The number of aromatic nitrogens is 3. The molecular weight excluding hydrogens is 306 g/mol. The van der Waals surface area contributed by atoms with Crippen LogP contribution in [0.25, 0.3) is 0 Å². The van der Waals surface area contributed by atoms with Crippen molar-refractivity contribution in [2.75, 3.05) is 23.3 Å². The number of nitrogens with one attached hydrogen (secondary N) is 1. The van der Waals surface area contributed by atoms with Crippen LogP contribution in [0.4, 0.5) is 11.6 Å². The maximum atomic E-state index is 12.4. The van der Waals surface area contributed by atoms with Crippen molar-refractivity contribution in [3.05, 3.63) is 45.6 Å². The Morgan fingerprint density at radius 1 is 1.17 bits per heavy atom. The Hall–Kier alpha value is -2.70. The molecular formula is C17H21N5O2. The number of nitrogens with zero attached hydrogens (tertiary/aromatic N) is 4. The molecule has 3 rings (SSSR count). The Morgan fingerprint density at radius 2 is 1.79 bits per heavy atom. The smallest absolute Gasteiger partial charge is 0.263 e. The highest BCUT2D eigenvalue weighted by Gasteiger charge is 2.19. The lowest BCUT2D eigenvalue weighted by molar-refractivity contribution is 0.102. The van der Waals surface area contributed by atoms with Crippen LogP contribution in [0.1, 0.15) is 34.6 Å². The number of pyridine rings is 1. The van der Waals surface area contributed by atoms with Gasteiger partial charge in [0.05, 0.1) is 17.1 Å². The summed E-state index contributed by atoms with van der Waals surface area (Å²) in [5, 5.41) is 2.78. The van der Waals surface area contributed by atoms with Crippen LogP contribution in [0, 0.1) is 13.8 Å². The van der Waals surface area contributed by atoms with Gasteiger partial charge in [-0.2, -0.15) is 0 Å². The van der Waals surface area contributed by atoms with Crippen LogP contribution < -0.4 is 15.8 Å². The van der Waals surface area contributed by atoms with E-state index in [1.54, 1.807) is 19.3 Å². The molecule has 2 aromatic rings. The second-order valence-electron chi connectivity index (χ2n) is 6.06. The second kappa shape index (κ2) is 6.43. The molecule has 0 spiro atoms. The first kappa shape index (κ1) is 16.2. The van der Waals surface area contributed by atoms with E-state index >= 15 is 0 Å². The molecule has 0 unspecified atom stereocenters. The number of rotatable bonds is 3. The summed E-state index contributed by atoms with van der Waals surface area (Å²) in [6, 6.07) is 3.19. The van der Waals surface area contributed by atoms with Gasteiger partial charge >= 0.3 is 0 Å². The molecule has 0 atom stereocenters. The van der Waals surface area contributed by atoms with Crippen molar-refractivity contribution >= 4 is 17.5 Å². The molecule has 7 nitrogen and oxygen atoms in total. The van der Waals surface area contributed by atoms with Gasteiger partial charge in [0, 0.05) is 26.3 Å². The van der Waals surface area contributed by atoms with Crippen LogP contribution in [0.15, 0.2) is 23.1 Å². The number of hydrogen-bond donors (Lipinski definition) is 1. The summed E-state index contributed by atoms with van der Waals surface area (Å²) in [7, 11) is 1.61. The van der Waals surface area contributed by atoms with Crippen LogP contribution in [0.5, 0.6) is 0 Å². The third-order valence-corrected chi connectivity index (χ3v) is 4.25. The quantitative estimate of drug-likeness (QED) is 0.927. The molecule has 1 aliphatic heterocycles. The van der Waals surface area contributed by atoms with Gasteiger partial charge in [-0.05, 0) is 38.8 Å². The van der Waals surface area contributed by atoms with Crippen molar-refractivity contribution in [2.45, 2.75) is 26.7 Å². The lowest BCUT2D eigenvalue weighted by Crippen LogP contribution is -2.28. The van der Waals surface area contributed by atoms with Crippen molar-refractivity contribution in [3.63, 3.8) is 0 Å². The Bertz CT molecular complexity index is 814. The average molecular weight is 327 g/mol. The van der Waals surface area contributed by atoms with Crippen LogP contribution in [-0.2, 0) is 7.05 Å². The second-order valence-corrected chi connectivity index (χ2v) is 6.06. The zero-order valence-electron chi connectivity index (χ0n) is 14.2. The van der Waals surface area contributed by atoms with Crippen LogP contribution in [0.2, 0.25) is 0 Å². The van der Waals surface area contributed by atoms with E-state index in [0.717, 1.165) is 25.9 Å². The van der Waals surface area contributed by atoms with Crippen LogP contribution in [0.3, 0.4) is 0 Å². The fourth-order valence-corrected chi connectivity index (χ4v) is 2.89. The first-order valence-electron chi connectivity index (χ1n) is 8.04. The zero-order valence-corrected chi connectivity index (χ0v) is 14.2. The standard InChI is InChI=1S/C17H21N5O2/c1-11-14(12(2)19-17(18-11)22-9-4-5-10-22)20-15(23)13-7-6-8-21(3)16(13)24/h6-8H,4-5,9-10H2,1-3H3,(H,20,23). The molecule has 3 heterocycles. The number of amides is 1. The van der Waals surface area contributed by atoms with Gasteiger partial charge in [0.1, 0.15) is 5.56 Å². The van der Waals surface area contributed by atoms with E-state index in [9.17, 15) is 9.59 Å². The zero-order chi connectivity index (χ0) is 17.3. The summed E-state index contributed by atoms with van der Waals surface area (Å²) in [6.07, 6.45) is 3.91. The van der Waals surface area contributed by atoms with E-state index in [1.165, 1.54) is 10.6 Å². The van der Waals surface area contributed by atoms with Gasteiger partial charge in [0.25, 0.3) is 11.5 Å². The number of carbonyl (C=O) groups is 1. The lowest BCUT2D eigenvalue weighted by Gasteiger charge is -2.18. The van der Waals surface area contributed by atoms with Crippen molar-refractivity contribution < 1.29 is 4.79 Å². The van der Waals surface area contributed by atoms with Crippen LogP contribution >= 0.6 is 0 Å². The first-order valence-corrected chi connectivity index (χ1v) is 8.04. The molecule has 1 amide bonds. The van der Waals surface area contributed by atoms with Gasteiger partial charge in [0.15, 0.2) is 0 Å². The van der Waals surface area contributed by atoms with Gasteiger partial charge in [-0.15, -0.1) is 0 Å². The monoisotopic (exact) mass is 327 g/mol. The SMILES string of the molecule is Cc1nc(N2CCCC2)nc(C)c1NC(=O)c1cccn(C)c1=O. The van der Waals surface area contributed by atoms with Gasteiger partial charge in [-0.3, -0.25) is 9.59 Å². The Labute approximate surface area is 140 Å². The maximum absolute atomic E-state index is 12.4. The third-order valence-electron chi connectivity index (χ3n) is 4.25. The van der Waals surface area contributed by atoms with E-state index in [-0.39, 0.29) is 11.1 Å². The van der Waals surface area contributed by atoms with Gasteiger partial charge in [-0.1, -0.05) is 0 Å². The molecule has 2 aromatic heterocycles. The molecule has 1 saturated heterocycles. The predicted molar refractivity (Wildman–Crippen MR) is 92.6 cm³/mol. The molecule has 126 valence electrons. The first-order chi connectivity index (χ1) is 11.5. The summed E-state index contributed by atoms with van der Waals surface area (Å²) in [4.78, 5) is 35.7. The molecule has 0 bridgehead atoms. The minimum absolute atomic E-state index is 0.0995. The van der Waals surface area contributed by atoms with E-state index in [0.29, 0.717) is 23.0 Å². The molecule has 0 radical (unpaired) electrons. The Kier molecular flexibility index (Phi) is 4.33. The fourth-order valence-electron chi connectivity index (χ4n) is 2.89. The molecule has 1 aliphatic rings. The molecule has 0 aromatic carbocycles. The number of aryl methyl sites for hydroxylation is 3. The molecule has 24 heavy (non-hydrogen) atoms. The topological polar surface area (TPSA) is 80.1 Å². The minimum atomic E-state index is -0.445. The highest BCUT2D eigenvalue weighted by atomic mass is 16.2. The van der Waals surface area contributed by atoms with E-state index < -0.39 is 5.91 Å². The predicted octanol–water partition coefficient (Wildman–Crippen LogP) is 1.64. The third kappa shape index (κ3) is 3.02. The summed E-state index contributed by atoms with van der Waals surface area (Å²) in [5.41, 5.74) is 1.73. The fraction of sp³-hybridized carbons (Fsp3) is 0.412. The number of hydrogen-bond acceptors (Lipinski definition) is 5. The highest BCUT2D eigenvalue weighted by Crippen LogP contribution is 2.23. The van der Waals surface area contributed by atoms with E-state index in [2.05, 4.69) is 20.2 Å². The summed E-state index contributed by atoms with van der Waals surface area (Å²) in [5.74, 6) is 0.260. The molecule has 0 aliphatic carbocycles. The average Bonchev–Trinajstić information content (AvgIpc) is 3.07. The van der Waals surface area contributed by atoms with E-state index in [4.69, 9.17) is 0 Å². The maximum Gasteiger partial charge on any atom is 0.263 e. The summed E-state index contributed by atoms with van der Waals surface area (Å²) < 4.78 is 1.38. The number of anilines is 2. The van der Waals surface area contributed by atoms with Gasteiger partial charge < -0.3 is 14.8 Å². The Morgan fingerprint density at radius 3 is 2.42 bits per heavy atom. The lowest BCUT2D eigenvalue weighted by atomic mass is 10.2. The summed E-state index contributed by atoms with van der Waals surface area (Å²) >= 11 is 0. The summed E-state index contributed by atoms with van der Waals surface area (Å²) in [6.45, 7) is 5.61. The molecule has 1 fully saturated rings. The van der Waals surface area contributed by atoms with Crippen molar-refractivity contribution in [1.82, 2.24) is 14.5 Å². The Balaban J connectivity index is 1.88. The van der Waals surface area contributed by atoms with Gasteiger partial charge in [-0.25, -0.2) is 9.97 Å². The molecule has 7 heteroatoms. The highest BCUT2D eigenvalue weighted by molar-refractivity contribution is 6.04. The molecule has 0 saturated carbocycles. The van der Waals surface area contributed by atoms with Crippen molar-refractivity contribution in [2.24, 2.45) is 7.05 Å². The molecule has 1 N–H and O–H groups in total. The largest absolute Gasteiger partial charge is 0.341 e. The minimum Gasteiger partial charge on any atom is -0.341 e. The normalized spacial score (nSPS) is 14.0. The van der Waals surface area contributed by atoms with Crippen molar-refractivity contribution in [1.29, 1.82) is 0 Å². The van der Waals surface area contributed by atoms with Crippen molar-refractivity contribution in [3.8, 4) is 0 Å². The van der Waals surface area contributed by atoms with Crippen LogP contribution in [-0.4, -0.2) is 33.5 Å².